The molecule has 0 atom stereocenters. The van der Waals surface area contributed by atoms with E-state index in [2.05, 4.69) is 5.32 Å². The minimum absolute atomic E-state index is 0.100. The van der Waals surface area contributed by atoms with Crippen LogP contribution < -0.4 is 10.1 Å². The van der Waals surface area contributed by atoms with E-state index in [0.717, 1.165) is 16.3 Å². The molecule has 1 amide bonds. The molecule has 0 radical (unpaired) electrons. The first-order valence-electron chi connectivity index (χ1n) is 8.32. The smallest absolute Gasteiger partial charge is 0.310 e. The average Bonchev–Trinajstić information content (AvgIpc) is 2.67. The summed E-state index contributed by atoms with van der Waals surface area (Å²) >= 11 is 6.02. The second kappa shape index (κ2) is 8.56. The van der Waals surface area contributed by atoms with Crippen molar-refractivity contribution in [1.82, 2.24) is 0 Å². The molecule has 0 aliphatic carbocycles. The summed E-state index contributed by atoms with van der Waals surface area (Å²) in [7, 11) is 1.51. The Morgan fingerprint density at radius 2 is 1.81 bits per heavy atom. The van der Waals surface area contributed by atoms with E-state index in [0.29, 0.717) is 16.5 Å². The van der Waals surface area contributed by atoms with Crippen molar-refractivity contribution in [3.63, 3.8) is 0 Å². The zero-order valence-corrected chi connectivity index (χ0v) is 15.5. The molecule has 1 N–H and O–H groups in total. The normalized spacial score (nSPS) is 10.4. The van der Waals surface area contributed by atoms with Crippen LogP contribution in [0.4, 0.5) is 5.69 Å². The van der Waals surface area contributed by atoms with Crippen molar-refractivity contribution in [1.29, 1.82) is 0 Å². The van der Waals surface area contributed by atoms with E-state index in [-0.39, 0.29) is 13.0 Å². The van der Waals surface area contributed by atoms with Crippen molar-refractivity contribution in [2.75, 3.05) is 19.0 Å². The van der Waals surface area contributed by atoms with Gasteiger partial charge in [0.05, 0.1) is 18.6 Å². The molecule has 0 spiro atoms. The van der Waals surface area contributed by atoms with Gasteiger partial charge in [-0.05, 0) is 34.5 Å². The summed E-state index contributed by atoms with van der Waals surface area (Å²) in [5.41, 5.74) is 1.36. The maximum atomic E-state index is 12.1. The first-order chi connectivity index (χ1) is 13.1. The van der Waals surface area contributed by atoms with Crippen LogP contribution in [0.5, 0.6) is 5.75 Å². The summed E-state index contributed by atoms with van der Waals surface area (Å²) < 4.78 is 10.2. The number of hydrogen-bond donors (Lipinski definition) is 1. The van der Waals surface area contributed by atoms with Gasteiger partial charge in [-0.1, -0.05) is 54.1 Å². The van der Waals surface area contributed by atoms with Crippen LogP contribution in [0.2, 0.25) is 5.02 Å². The first-order valence-corrected chi connectivity index (χ1v) is 8.70. The highest BCUT2D eigenvalue weighted by Crippen LogP contribution is 2.27. The Morgan fingerprint density at radius 3 is 2.59 bits per heavy atom. The largest absolute Gasteiger partial charge is 0.495 e. The van der Waals surface area contributed by atoms with E-state index >= 15 is 0 Å². The predicted octanol–water partition coefficient (Wildman–Crippen LogP) is 4.23. The van der Waals surface area contributed by atoms with Gasteiger partial charge in [0.15, 0.2) is 6.61 Å². The Hall–Kier alpha value is -3.05. The van der Waals surface area contributed by atoms with Crippen molar-refractivity contribution < 1.29 is 19.1 Å². The highest BCUT2D eigenvalue weighted by Gasteiger charge is 2.11. The minimum atomic E-state index is -0.464. The number of amides is 1. The molecule has 138 valence electrons. The molecule has 3 aromatic carbocycles. The highest BCUT2D eigenvalue weighted by atomic mass is 35.5. The van der Waals surface area contributed by atoms with Crippen molar-refractivity contribution in [3.05, 3.63) is 71.2 Å². The zero-order valence-electron chi connectivity index (χ0n) is 14.7. The third-order valence-electron chi connectivity index (χ3n) is 4.01. The fraction of sp³-hybridized carbons (Fsp3) is 0.143. The number of rotatable bonds is 6. The van der Waals surface area contributed by atoms with E-state index in [9.17, 15) is 9.59 Å². The number of benzene rings is 3. The van der Waals surface area contributed by atoms with E-state index < -0.39 is 11.9 Å². The lowest BCUT2D eigenvalue weighted by molar-refractivity contribution is -0.146. The molecule has 0 bridgehead atoms. The molecule has 0 unspecified atom stereocenters. The highest BCUT2D eigenvalue weighted by molar-refractivity contribution is 6.32. The van der Waals surface area contributed by atoms with Gasteiger partial charge < -0.3 is 14.8 Å². The lowest BCUT2D eigenvalue weighted by atomic mass is 10.0. The van der Waals surface area contributed by atoms with Gasteiger partial charge >= 0.3 is 5.97 Å². The summed E-state index contributed by atoms with van der Waals surface area (Å²) in [6.45, 7) is -0.368. The van der Waals surface area contributed by atoms with Crippen LogP contribution in [0.15, 0.2) is 60.7 Å². The molecular weight excluding hydrogens is 366 g/mol. The zero-order chi connectivity index (χ0) is 19.2. The van der Waals surface area contributed by atoms with Crippen LogP contribution in [-0.4, -0.2) is 25.6 Å². The third kappa shape index (κ3) is 4.77. The van der Waals surface area contributed by atoms with Gasteiger partial charge in [-0.15, -0.1) is 0 Å². The number of carbonyl (C=O) groups is 2. The molecule has 0 saturated carbocycles. The standard InChI is InChI=1S/C21H18ClNO4/c1-26-19-10-9-16(12-18(19)22)23-20(24)13-27-21(25)11-15-7-4-6-14-5-2-3-8-17(14)15/h2-10,12H,11,13H2,1H3,(H,23,24). The Bertz CT molecular complexity index is 982. The number of esters is 1. The monoisotopic (exact) mass is 383 g/mol. The van der Waals surface area contributed by atoms with Crippen LogP contribution in [0.25, 0.3) is 10.8 Å². The summed E-state index contributed by atoms with van der Waals surface area (Å²) in [6.07, 6.45) is 0.100. The number of hydrogen-bond acceptors (Lipinski definition) is 4. The molecule has 0 fully saturated rings. The third-order valence-corrected chi connectivity index (χ3v) is 4.31. The summed E-state index contributed by atoms with van der Waals surface area (Å²) in [5, 5.41) is 5.05. The quantitative estimate of drug-likeness (QED) is 0.647. The van der Waals surface area contributed by atoms with Crippen LogP contribution in [0.3, 0.4) is 0 Å². The van der Waals surface area contributed by atoms with Crippen LogP contribution in [-0.2, 0) is 20.7 Å². The summed E-state index contributed by atoms with van der Waals surface area (Å²) in [6, 6.07) is 18.4. The SMILES string of the molecule is COc1ccc(NC(=O)COC(=O)Cc2cccc3ccccc23)cc1Cl. The fourth-order valence-electron chi connectivity index (χ4n) is 2.74. The Morgan fingerprint density at radius 1 is 1.04 bits per heavy atom. The molecular formula is C21H18ClNO4. The fourth-order valence-corrected chi connectivity index (χ4v) is 3.00. The van der Waals surface area contributed by atoms with Crippen molar-refractivity contribution >= 4 is 39.9 Å². The number of halogens is 1. The maximum Gasteiger partial charge on any atom is 0.310 e. The van der Waals surface area contributed by atoms with E-state index in [1.54, 1.807) is 18.2 Å². The summed E-state index contributed by atoms with van der Waals surface area (Å²) in [5.74, 6) is -0.395. The number of ether oxygens (including phenoxy) is 2. The number of methoxy groups -OCH3 is 1. The van der Waals surface area contributed by atoms with Gasteiger partial charge in [-0.3, -0.25) is 9.59 Å². The van der Waals surface area contributed by atoms with E-state index in [4.69, 9.17) is 21.1 Å². The number of fused-ring (bicyclic) bond motifs is 1. The molecule has 3 rings (SSSR count). The second-order valence-corrected chi connectivity index (χ2v) is 6.28. The topological polar surface area (TPSA) is 64.6 Å². The van der Waals surface area contributed by atoms with E-state index in [1.165, 1.54) is 7.11 Å². The van der Waals surface area contributed by atoms with E-state index in [1.807, 2.05) is 42.5 Å². The molecule has 3 aromatic rings. The maximum absolute atomic E-state index is 12.1. The Labute approximate surface area is 161 Å². The molecule has 0 aliphatic rings. The van der Waals surface area contributed by atoms with Gasteiger partial charge in [-0.25, -0.2) is 0 Å². The Kier molecular flexibility index (Phi) is 5.94. The molecule has 6 heteroatoms. The molecule has 5 nitrogen and oxygen atoms in total. The first kappa shape index (κ1) is 18.7. The van der Waals surface area contributed by atoms with Crippen LogP contribution >= 0.6 is 11.6 Å². The van der Waals surface area contributed by atoms with Gasteiger partial charge in [0.1, 0.15) is 5.75 Å². The van der Waals surface area contributed by atoms with Crippen molar-refractivity contribution in [2.24, 2.45) is 0 Å². The number of anilines is 1. The van der Waals surface area contributed by atoms with Crippen molar-refractivity contribution in [3.8, 4) is 5.75 Å². The van der Waals surface area contributed by atoms with Crippen LogP contribution in [0.1, 0.15) is 5.56 Å². The van der Waals surface area contributed by atoms with Crippen molar-refractivity contribution in [2.45, 2.75) is 6.42 Å². The molecule has 0 aromatic heterocycles. The van der Waals surface area contributed by atoms with Gasteiger partial charge in [0.25, 0.3) is 5.91 Å². The van der Waals surface area contributed by atoms with Crippen LogP contribution in [0, 0.1) is 0 Å². The lowest BCUT2D eigenvalue weighted by Gasteiger charge is -2.09. The van der Waals surface area contributed by atoms with Gasteiger partial charge in [-0.2, -0.15) is 0 Å². The lowest BCUT2D eigenvalue weighted by Crippen LogP contribution is -2.21. The van der Waals surface area contributed by atoms with Gasteiger partial charge in [0, 0.05) is 5.69 Å². The summed E-state index contributed by atoms with van der Waals surface area (Å²) in [4.78, 5) is 24.1. The Balaban J connectivity index is 1.55. The molecule has 0 saturated heterocycles. The average molecular weight is 384 g/mol. The molecule has 27 heavy (non-hydrogen) atoms. The number of nitrogens with one attached hydrogen (secondary N) is 1. The predicted molar refractivity (Wildman–Crippen MR) is 105 cm³/mol. The van der Waals surface area contributed by atoms with Gasteiger partial charge in [0.2, 0.25) is 0 Å². The molecule has 0 aliphatic heterocycles. The minimum Gasteiger partial charge on any atom is -0.495 e. The number of carbonyl (C=O) groups excluding carboxylic acids is 2. The second-order valence-electron chi connectivity index (χ2n) is 5.87. The molecule has 0 heterocycles.